The lowest BCUT2D eigenvalue weighted by atomic mass is 10.2. The minimum atomic E-state index is -1.01. The van der Waals surface area contributed by atoms with E-state index in [4.69, 9.17) is 5.73 Å². The normalized spacial score (nSPS) is 10.7. The van der Waals surface area contributed by atoms with E-state index in [1.165, 1.54) is 7.05 Å². The monoisotopic (exact) mass is 247 g/mol. The number of carbonyl (C=O) groups is 2. The summed E-state index contributed by atoms with van der Waals surface area (Å²) in [4.78, 5) is 26.0. The highest BCUT2D eigenvalue weighted by molar-refractivity contribution is 5.83. The lowest BCUT2D eigenvalue weighted by Crippen LogP contribution is -2.36. The number of nitrogens with one attached hydrogen (secondary N) is 1. The van der Waals surface area contributed by atoms with Gasteiger partial charge in [-0.25, -0.2) is 9.78 Å². The molecule has 0 aliphatic carbocycles. The summed E-state index contributed by atoms with van der Waals surface area (Å²) in [5.41, 5.74) is 5.44. The molecule has 1 heterocycles. The SMILES string of the molecule is CNC(=O)[C@H](CC#Cc1ccccn1)OC(N)=O. The zero-order valence-corrected chi connectivity index (χ0v) is 9.84. The minimum absolute atomic E-state index is 0.0547. The van der Waals surface area contributed by atoms with Gasteiger partial charge in [0.25, 0.3) is 5.91 Å². The fourth-order valence-electron chi connectivity index (χ4n) is 1.16. The summed E-state index contributed by atoms with van der Waals surface area (Å²) in [6.45, 7) is 0. The molecule has 1 aromatic heterocycles. The maximum atomic E-state index is 11.4. The second-order valence-corrected chi connectivity index (χ2v) is 3.26. The van der Waals surface area contributed by atoms with E-state index in [9.17, 15) is 9.59 Å². The van der Waals surface area contributed by atoms with Crippen molar-refractivity contribution in [3.8, 4) is 11.8 Å². The van der Waals surface area contributed by atoms with Crippen molar-refractivity contribution in [3.63, 3.8) is 0 Å². The highest BCUT2D eigenvalue weighted by Gasteiger charge is 2.19. The molecule has 18 heavy (non-hydrogen) atoms. The van der Waals surface area contributed by atoms with Gasteiger partial charge < -0.3 is 15.8 Å². The van der Waals surface area contributed by atoms with Gasteiger partial charge >= 0.3 is 6.09 Å². The van der Waals surface area contributed by atoms with Gasteiger partial charge in [-0.3, -0.25) is 4.79 Å². The highest BCUT2D eigenvalue weighted by atomic mass is 16.6. The molecule has 0 radical (unpaired) electrons. The second-order valence-electron chi connectivity index (χ2n) is 3.26. The zero-order valence-electron chi connectivity index (χ0n) is 9.84. The standard InChI is InChI=1S/C12H13N3O3/c1-14-11(16)10(18-12(13)17)7-4-6-9-5-2-3-8-15-9/h2-3,5,8,10H,7H2,1H3,(H2,13,17)(H,14,16)/t10-/m0/s1. The molecule has 3 N–H and O–H groups in total. The number of likely N-dealkylation sites (N-methyl/N-ethyl adjacent to an activating group) is 1. The van der Waals surface area contributed by atoms with Crippen molar-refractivity contribution in [2.24, 2.45) is 5.73 Å². The van der Waals surface area contributed by atoms with Gasteiger partial charge in [0, 0.05) is 13.2 Å². The van der Waals surface area contributed by atoms with Crippen LogP contribution in [0.3, 0.4) is 0 Å². The maximum Gasteiger partial charge on any atom is 0.405 e. The molecule has 0 aliphatic heterocycles. The molecule has 0 fully saturated rings. The van der Waals surface area contributed by atoms with Crippen LogP contribution in [0.2, 0.25) is 0 Å². The van der Waals surface area contributed by atoms with Crippen LogP contribution in [0.15, 0.2) is 24.4 Å². The third-order valence-electron chi connectivity index (χ3n) is 1.97. The van der Waals surface area contributed by atoms with Gasteiger partial charge in [-0.1, -0.05) is 12.0 Å². The van der Waals surface area contributed by atoms with Gasteiger partial charge in [-0.15, -0.1) is 0 Å². The van der Waals surface area contributed by atoms with Crippen molar-refractivity contribution in [1.29, 1.82) is 0 Å². The molecule has 0 saturated heterocycles. The Morgan fingerprint density at radius 1 is 1.56 bits per heavy atom. The molecule has 1 atom stereocenters. The second kappa shape index (κ2) is 6.91. The minimum Gasteiger partial charge on any atom is -0.435 e. The summed E-state index contributed by atoms with van der Waals surface area (Å²) in [6, 6.07) is 5.30. The number of carbonyl (C=O) groups excluding carboxylic acids is 2. The summed E-state index contributed by atoms with van der Waals surface area (Å²) in [5.74, 6) is 5.02. The molecule has 0 aliphatic rings. The van der Waals surface area contributed by atoms with E-state index in [-0.39, 0.29) is 6.42 Å². The van der Waals surface area contributed by atoms with Gasteiger partial charge in [0.15, 0.2) is 6.10 Å². The van der Waals surface area contributed by atoms with E-state index < -0.39 is 18.1 Å². The summed E-state index contributed by atoms with van der Waals surface area (Å²) in [5, 5.41) is 2.36. The summed E-state index contributed by atoms with van der Waals surface area (Å²) >= 11 is 0. The Morgan fingerprint density at radius 2 is 2.33 bits per heavy atom. The molecule has 6 nitrogen and oxygen atoms in total. The van der Waals surface area contributed by atoms with E-state index in [0.29, 0.717) is 5.69 Å². The molecule has 94 valence electrons. The first-order valence-electron chi connectivity index (χ1n) is 5.21. The summed E-state index contributed by atoms with van der Waals surface area (Å²) in [6.07, 6.45) is -0.355. The first kappa shape index (κ1) is 13.5. The Hall–Kier alpha value is -2.55. The number of pyridine rings is 1. The van der Waals surface area contributed by atoms with Crippen molar-refractivity contribution >= 4 is 12.0 Å². The zero-order chi connectivity index (χ0) is 13.4. The van der Waals surface area contributed by atoms with E-state index in [0.717, 1.165) is 0 Å². The van der Waals surface area contributed by atoms with Crippen molar-refractivity contribution in [2.45, 2.75) is 12.5 Å². The predicted molar refractivity (Wildman–Crippen MR) is 64.3 cm³/mol. The largest absolute Gasteiger partial charge is 0.435 e. The van der Waals surface area contributed by atoms with Crippen LogP contribution in [0.25, 0.3) is 0 Å². The van der Waals surface area contributed by atoms with Gasteiger partial charge in [-0.05, 0) is 18.1 Å². The Labute approximate surface area is 105 Å². The van der Waals surface area contributed by atoms with Crippen LogP contribution < -0.4 is 11.1 Å². The van der Waals surface area contributed by atoms with E-state index in [1.807, 2.05) is 0 Å². The Bertz CT molecular complexity index is 476. The van der Waals surface area contributed by atoms with Crippen LogP contribution in [0.5, 0.6) is 0 Å². The van der Waals surface area contributed by atoms with Crippen LogP contribution in [0, 0.1) is 11.8 Å². The molecule has 0 bridgehead atoms. The van der Waals surface area contributed by atoms with Gasteiger partial charge in [0.1, 0.15) is 5.69 Å². The molecule has 1 aromatic rings. The smallest absolute Gasteiger partial charge is 0.405 e. The van der Waals surface area contributed by atoms with E-state index in [1.54, 1.807) is 24.4 Å². The molecule has 0 spiro atoms. The first-order valence-corrected chi connectivity index (χ1v) is 5.21. The molecule has 0 aromatic carbocycles. The highest BCUT2D eigenvalue weighted by Crippen LogP contribution is 1.98. The third-order valence-corrected chi connectivity index (χ3v) is 1.97. The van der Waals surface area contributed by atoms with Gasteiger partial charge in [0.05, 0.1) is 6.42 Å². The lowest BCUT2D eigenvalue weighted by molar-refractivity contribution is -0.128. The van der Waals surface area contributed by atoms with Crippen LogP contribution in [0.1, 0.15) is 12.1 Å². The molecular weight excluding hydrogens is 234 g/mol. The van der Waals surface area contributed by atoms with Crippen LogP contribution in [-0.2, 0) is 9.53 Å². The van der Waals surface area contributed by atoms with E-state index >= 15 is 0 Å². The fourth-order valence-corrected chi connectivity index (χ4v) is 1.16. The molecule has 6 heteroatoms. The fraction of sp³-hybridized carbons (Fsp3) is 0.250. The predicted octanol–water partition coefficient (Wildman–Crippen LogP) is 0.0331. The molecule has 2 amide bonds. The first-order chi connectivity index (χ1) is 8.63. The molecular formula is C12H13N3O3. The lowest BCUT2D eigenvalue weighted by Gasteiger charge is -2.11. The maximum absolute atomic E-state index is 11.4. The van der Waals surface area contributed by atoms with Gasteiger partial charge in [-0.2, -0.15) is 0 Å². The number of hydrogen-bond donors (Lipinski definition) is 2. The van der Waals surface area contributed by atoms with Gasteiger partial charge in [0.2, 0.25) is 0 Å². The van der Waals surface area contributed by atoms with Crippen molar-refractivity contribution in [1.82, 2.24) is 10.3 Å². The number of ether oxygens (including phenoxy) is 1. The number of amides is 2. The average Bonchev–Trinajstić information content (AvgIpc) is 2.37. The number of aromatic nitrogens is 1. The number of hydrogen-bond acceptors (Lipinski definition) is 4. The average molecular weight is 247 g/mol. The number of nitrogens with two attached hydrogens (primary N) is 1. The third kappa shape index (κ3) is 4.53. The Balaban J connectivity index is 2.65. The molecule has 1 rings (SSSR count). The Kier molecular flexibility index (Phi) is 5.19. The van der Waals surface area contributed by atoms with Crippen LogP contribution >= 0.6 is 0 Å². The molecule has 0 unspecified atom stereocenters. The number of primary amides is 1. The van der Waals surface area contributed by atoms with Crippen molar-refractivity contribution in [2.75, 3.05) is 7.05 Å². The summed E-state index contributed by atoms with van der Waals surface area (Å²) in [7, 11) is 1.44. The Morgan fingerprint density at radius 3 is 2.89 bits per heavy atom. The van der Waals surface area contributed by atoms with Crippen molar-refractivity contribution in [3.05, 3.63) is 30.1 Å². The molecule has 0 saturated carbocycles. The number of nitrogens with zero attached hydrogens (tertiary/aromatic N) is 1. The van der Waals surface area contributed by atoms with E-state index in [2.05, 4.69) is 26.9 Å². The van der Waals surface area contributed by atoms with Crippen LogP contribution in [-0.4, -0.2) is 30.1 Å². The number of rotatable bonds is 3. The summed E-state index contributed by atoms with van der Waals surface area (Å²) < 4.78 is 4.64. The quantitative estimate of drug-likeness (QED) is 0.737. The van der Waals surface area contributed by atoms with Crippen LogP contribution in [0.4, 0.5) is 4.79 Å². The van der Waals surface area contributed by atoms with Crippen molar-refractivity contribution < 1.29 is 14.3 Å². The topological polar surface area (TPSA) is 94.3 Å².